The largest absolute Gasteiger partial charge is 0.478 e. The fourth-order valence-electron chi connectivity index (χ4n) is 3.89. The molecule has 0 saturated carbocycles. The van der Waals surface area contributed by atoms with Gasteiger partial charge in [0.15, 0.2) is 5.58 Å². The Bertz CT molecular complexity index is 1490. The van der Waals surface area contributed by atoms with Crippen LogP contribution >= 0.6 is 11.6 Å². The molecule has 1 aliphatic rings. The molecule has 0 radical (unpaired) electrons. The number of carbonyl (C=O) groups is 3. The van der Waals surface area contributed by atoms with Gasteiger partial charge in [0.1, 0.15) is 5.52 Å². The zero-order valence-electron chi connectivity index (χ0n) is 18.0. The van der Waals surface area contributed by atoms with Crippen LogP contribution < -0.4 is 10.2 Å². The number of imide groups is 1. The number of hydrogen-bond acceptors (Lipinski definition) is 6. The van der Waals surface area contributed by atoms with Gasteiger partial charge in [-0.15, -0.1) is 0 Å². The summed E-state index contributed by atoms with van der Waals surface area (Å²) in [6, 6.07) is 14.1. The number of hydrogen-bond donors (Lipinski definition) is 2. The van der Waals surface area contributed by atoms with Crippen LogP contribution in [0.1, 0.15) is 44.4 Å². The Morgan fingerprint density at radius 1 is 1.03 bits per heavy atom. The lowest BCUT2D eigenvalue weighted by Gasteiger charge is -2.17. The monoisotopic (exact) mass is 475 g/mol. The lowest BCUT2D eigenvalue weighted by molar-refractivity contribution is 0.0696. The third kappa shape index (κ3) is 3.58. The van der Waals surface area contributed by atoms with Gasteiger partial charge in [-0.25, -0.2) is 14.7 Å². The third-order valence-corrected chi connectivity index (χ3v) is 5.78. The molecule has 9 heteroatoms. The SMILES string of the molecule is CCCNc1ccc(N2C(=O)c3ccc(C(=O)O)cc3C2=O)cc1-c1nc2cc(Cl)ccc2o1. The molecule has 34 heavy (non-hydrogen) atoms. The second kappa shape index (κ2) is 8.31. The summed E-state index contributed by atoms with van der Waals surface area (Å²) < 4.78 is 5.94. The zero-order valence-corrected chi connectivity index (χ0v) is 18.7. The highest BCUT2D eigenvalue weighted by atomic mass is 35.5. The van der Waals surface area contributed by atoms with Gasteiger partial charge in [0.2, 0.25) is 5.89 Å². The number of carbonyl (C=O) groups excluding carboxylic acids is 2. The molecule has 2 amide bonds. The van der Waals surface area contributed by atoms with Crippen LogP contribution in [-0.2, 0) is 0 Å². The number of carboxylic acids is 1. The van der Waals surface area contributed by atoms with Crippen molar-refractivity contribution in [1.29, 1.82) is 0 Å². The van der Waals surface area contributed by atoms with Crippen LogP contribution in [-0.4, -0.2) is 34.4 Å². The van der Waals surface area contributed by atoms with E-state index in [9.17, 15) is 19.5 Å². The quantitative estimate of drug-likeness (QED) is 0.355. The third-order valence-electron chi connectivity index (χ3n) is 5.54. The Hall–Kier alpha value is -4.17. The number of aromatic nitrogens is 1. The Morgan fingerprint density at radius 3 is 2.59 bits per heavy atom. The van der Waals surface area contributed by atoms with Gasteiger partial charge >= 0.3 is 5.97 Å². The van der Waals surface area contributed by atoms with Crippen molar-refractivity contribution in [2.45, 2.75) is 13.3 Å². The number of rotatable bonds is 6. The lowest BCUT2D eigenvalue weighted by atomic mass is 10.1. The lowest BCUT2D eigenvalue weighted by Crippen LogP contribution is -2.29. The van der Waals surface area contributed by atoms with Gasteiger partial charge in [-0.05, 0) is 61.0 Å². The van der Waals surface area contributed by atoms with Gasteiger partial charge in [-0.3, -0.25) is 9.59 Å². The number of amides is 2. The summed E-state index contributed by atoms with van der Waals surface area (Å²) in [5.74, 6) is -1.98. The van der Waals surface area contributed by atoms with Crippen LogP contribution in [0.15, 0.2) is 59.0 Å². The Labute approximate surface area is 198 Å². The average Bonchev–Trinajstić information content (AvgIpc) is 3.35. The highest BCUT2D eigenvalue weighted by Gasteiger charge is 2.37. The van der Waals surface area contributed by atoms with Gasteiger partial charge in [-0.1, -0.05) is 18.5 Å². The van der Waals surface area contributed by atoms with Crippen molar-refractivity contribution < 1.29 is 23.9 Å². The molecule has 0 spiro atoms. The standard InChI is InChI=1S/C25H18ClN3O5/c1-2-9-27-19-7-5-15(12-18(19)22-28-20-11-14(26)4-8-21(20)34-22)29-23(30)16-6-3-13(25(32)33)10-17(16)24(29)31/h3-8,10-12,27H,2,9H2,1H3,(H,32,33). The number of halogens is 1. The van der Waals surface area contributed by atoms with E-state index in [1.807, 2.05) is 6.92 Å². The van der Waals surface area contributed by atoms with Crippen LogP contribution in [0, 0.1) is 0 Å². The minimum Gasteiger partial charge on any atom is -0.478 e. The van der Waals surface area contributed by atoms with Crippen molar-refractivity contribution in [2.75, 3.05) is 16.8 Å². The van der Waals surface area contributed by atoms with Crippen molar-refractivity contribution in [1.82, 2.24) is 4.98 Å². The fourth-order valence-corrected chi connectivity index (χ4v) is 4.05. The van der Waals surface area contributed by atoms with Gasteiger partial charge in [-0.2, -0.15) is 0 Å². The van der Waals surface area contributed by atoms with Gasteiger partial charge in [0.05, 0.1) is 27.9 Å². The molecular weight excluding hydrogens is 458 g/mol. The van der Waals surface area contributed by atoms with Crippen LogP contribution in [0.25, 0.3) is 22.6 Å². The summed E-state index contributed by atoms with van der Waals surface area (Å²) in [5, 5.41) is 13.1. The predicted octanol–water partition coefficient (Wildman–Crippen LogP) is 5.47. The second-order valence-electron chi connectivity index (χ2n) is 7.80. The van der Waals surface area contributed by atoms with Crippen molar-refractivity contribution in [3.63, 3.8) is 0 Å². The van der Waals surface area contributed by atoms with Crippen LogP contribution in [0.3, 0.4) is 0 Å². The topological polar surface area (TPSA) is 113 Å². The van der Waals surface area contributed by atoms with Crippen molar-refractivity contribution >= 4 is 51.9 Å². The first-order chi connectivity index (χ1) is 16.4. The average molecular weight is 476 g/mol. The normalized spacial score (nSPS) is 12.9. The molecular formula is C25H18ClN3O5. The molecule has 2 heterocycles. The van der Waals surface area contributed by atoms with E-state index >= 15 is 0 Å². The zero-order chi connectivity index (χ0) is 24.0. The minimum absolute atomic E-state index is 0.0520. The molecule has 1 aromatic heterocycles. The number of benzene rings is 3. The molecule has 0 unspecified atom stereocenters. The summed E-state index contributed by atoms with van der Waals surface area (Å²) in [7, 11) is 0. The number of fused-ring (bicyclic) bond motifs is 2. The molecule has 0 bridgehead atoms. The molecule has 2 N–H and O–H groups in total. The Morgan fingerprint density at radius 2 is 1.82 bits per heavy atom. The van der Waals surface area contributed by atoms with Crippen molar-refractivity contribution in [2.24, 2.45) is 0 Å². The minimum atomic E-state index is -1.17. The van der Waals surface area contributed by atoms with Crippen LogP contribution in [0.2, 0.25) is 5.02 Å². The van der Waals surface area contributed by atoms with E-state index in [0.717, 1.165) is 17.0 Å². The highest BCUT2D eigenvalue weighted by Crippen LogP contribution is 2.37. The van der Waals surface area contributed by atoms with Crippen molar-refractivity contribution in [3.8, 4) is 11.5 Å². The van der Waals surface area contributed by atoms with E-state index < -0.39 is 17.8 Å². The molecule has 5 rings (SSSR count). The van der Waals surface area contributed by atoms with E-state index in [1.165, 1.54) is 18.2 Å². The summed E-state index contributed by atoms with van der Waals surface area (Å²) in [4.78, 5) is 43.1. The summed E-state index contributed by atoms with van der Waals surface area (Å²) in [5.41, 5.74) is 2.89. The Kier molecular flexibility index (Phi) is 5.30. The van der Waals surface area contributed by atoms with Crippen LogP contribution in [0.5, 0.6) is 0 Å². The molecule has 0 atom stereocenters. The van der Waals surface area contributed by atoms with E-state index in [-0.39, 0.29) is 16.7 Å². The highest BCUT2D eigenvalue weighted by molar-refractivity contribution is 6.35. The maximum atomic E-state index is 13.1. The Balaban J connectivity index is 1.60. The molecule has 0 saturated heterocycles. The molecule has 8 nitrogen and oxygen atoms in total. The van der Waals surface area contributed by atoms with Gasteiger partial charge in [0.25, 0.3) is 11.8 Å². The fraction of sp³-hybridized carbons (Fsp3) is 0.120. The number of oxazole rings is 1. The van der Waals surface area contributed by atoms with Gasteiger partial charge < -0.3 is 14.8 Å². The first-order valence-electron chi connectivity index (χ1n) is 10.6. The molecule has 170 valence electrons. The summed E-state index contributed by atoms with van der Waals surface area (Å²) in [6.07, 6.45) is 0.884. The van der Waals surface area contributed by atoms with Crippen molar-refractivity contribution in [3.05, 3.63) is 76.3 Å². The number of nitrogens with zero attached hydrogens (tertiary/aromatic N) is 2. The molecule has 3 aromatic carbocycles. The molecule has 0 fully saturated rings. The van der Waals surface area contributed by atoms with E-state index in [0.29, 0.717) is 39.8 Å². The molecule has 0 aliphatic carbocycles. The number of anilines is 2. The summed E-state index contributed by atoms with van der Waals surface area (Å²) >= 11 is 6.08. The molecule has 4 aromatic rings. The second-order valence-corrected chi connectivity index (χ2v) is 8.24. The van der Waals surface area contributed by atoms with E-state index in [4.69, 9.17) is 16.0 Å². The van der Waals surface area contributed by atoms with Crippen LogP contribution in [0.4, 0.5) is 11.4 Å². The maximum Gasteiger partial charge on any atom is 0.335 e. The number of carboxylic acid groups (broad SMARTS) is 1. The number of nitrogens with one attached hydrogen (secondary N) is 1. The first-order valence-corrected chi connectivity index (χ1v) is 11.0. The molecule has 1 aliphatic heterocycles. The number of aromatic carboxylic acids is 1. The van der Waals surface area contributed by atoms with E-state index in [1.54, 1.807) is 36.4 Å². The predicted molar refractivity (Wildman–Crippen MR) is 128 cm³/mol. The smallest absolute Gasteiger partial charge is 0.335 e. The maximum absolute atomic E-state index is 13.1. The first kappa shape index (κ1) is 21.7. The van der Waals surface area contributed by atoms with Gasteiger partial charge in [0, 0.05) is 17.3 Å². The summed E-state index contributed by atoms with van der Waals surface area (Å²) in [6.45, 7) is 2.73. The van der Waals surface area contributed by atoms with E-state index in [2.05, 4.69) is 10.3 Å².